The molecule has 23 heavy (non-hydrogen) atoms. The zero-order chi connectivity index (χ0) is 14.8. The molecule has 0 radical (unpaired) electrons. The van der Waals surface area contributed by atoms with E-state index < -0.39 is 0 Å². The van der Waals surface area contributed by atoms with Crippen LogP contribution in [0.5, 0.6) is 0 Å². The van der Waals surface area contributed by atoms with Gasteiger partial charge in [0.05, 0.1) is 17.0 Å². The number of carbonyl (C=O) groups is 1. The third-order valence-electron chi connectivity index (χ3n) is 3.75. The zero-order valence-corrected chi connectivity index (χ0v) is 15.3. The van der Waals surface area contributed by atoms with Crippen LogP contribution in [0.4, 0.5) is 0 Å². The van der Waals surface area contributed by atoms with Crippen molar-refractivity contribution in [3.05, 3.63) is 29.0 Å². The fourth-order valence-corrected chi connectivity index (χ4v) is 3.24. The molecule has 2 aromatic heterocycles. The fourth-order valence-electron chi connectivity index (χ4n) is 2.59. The molecule has 5 nitrogen and oxygen atoms in total. The molecule has 8 heteroatoms. The minimum atomic E-state index is 0. The second kappa shape index (κ2) is 8.68. The summed E-state index contributed by atoms with van der Waals surface area (Å²) >= 11 is 1.58. The number of oxazole rings is 1. The van der Waals surface area contributed by atoms with Crippen molar-refractivity contribution in [2.24, 2.45) is 5.73 Å². The second-order valence-electron chi connectivity index (χ2n) is 5.42. The van der Waals surface area contributed by atoms with E-state index in [2.05, 4.69) is 4.98 Å². The first-order valence-corrected chi connectivity index (χ1v) is 8.05. The summed E-state index contributed by atoms with van der Waals surface area (Å²) in [6, 6.07) is 4.02. The molecule has 0 saturated carbocycles. The van der Waals surface area contributed by atoms with Crippen LogP contribution in [0.2, 0.25) is 0 Å². The third-order valence-corrected chi connectivity index (χ3v) is 4.61. The number of likely N-dealkylation sites (tertiary alicyclic amines) is 1. The first kappa shape index (κ1) is 20.0. The van der Waals surface area contributed by atoms with E-state index in [9.17, 15) is 4.79 Å². The van der Waals surface area contributed by atoms with Crippen molar-refractivity contribution in [2.75, 3.05) is 13.1 Å². The number of thiophene rings is 1. The van der Waals surface area contributed by atoms with Crippen molar-refractivity contribution in [3.8, 4) is 10.8 Å². The minimum Gasteiger partial charge on any atom is -0.440 e. The summed E-state index contributed by atoms with van der Waals surface area (Å²) < 4.78 is 5.67. The van der Waals surface area contributed by atoms with E-state index in [4.69, 9.17) is 10.2 Å². The lowest BCUT2D eigenvalue weighted by Crippen LogP contribution is -2.46. The van der Waals surface area contributed by atoms with Crippen LogP contribution in [-0.2, 0) is 11.2 Å². The maximum Gasteiger partial charge on any atom is 0.236 e. The van der Waals surface area contributed by atoms with E-state index in [1.165, 1.54) is 0 Å². The molecule has 1 amide bonds. The Morgan fingerprint density at radius 1 is 1.52 bits per heavy atom. The minimum absolute atomic E-state index is 0. The van der Waals surface area contributed by atoms with Gasteiger partial charge in [-0.2, -0.15) is 0 Å². The number of hydrogen-bond acceptors (Lipinski definition) is 5. The third kappa shape index (κ3) is 4.70. The van der Waals surface area contributed by atoms with E-state index in [-0.39, 0.29) is 43.2 Å². The lowest BCUT2D eigenvalue weighted by atomic mass is 10.1. The average Bonchev–Trinajstić information content (AvgIpc) is 3.09. The Morgan fingerprint density at radius 2 is 2.30 bits per heavy atom. The van der Waals surface area contributed by atoms with Crippen molar-refractivity contribution < 1.29 is 9.21 Å². The Kier molecular flexibility index (Phi) is 7.54. The normalized spacial score (nSPS) is 17.3. The number of nitrogens with two attached hydrogens (primary N) is 1. The van der Waals surface area contributed by atoms with Crippen LogP contribution >= 0.6 is 36.2 Å². The zero-order valence-electron chi connectivity index (χ0n) is 12.9. The number of aryl methyl sites for hydroxylation is 1. The number of piperidine rings is 1. The summed E-state index contributed by atoms with van der Waals surface area (Å²) in [7, 11) is 0. The summed E-state index contributed by atoms with van der Waals surface area (Å²) in [5, 5.41) is 1.98. The lowest BCUT2D eigenvalue weighted by Gasteiger charge is -2.30. The van der Waals surface area contributed by atoms with Gasteiger partial charge in [-0.15, -0.1) is 36.2 Å². The van der Waals surface area contributed by atoms with Crippen LogP contribution in [0.1, 0.15) is 24.3 Å². The maximum atomic E-state index is 12.4. The van der Waals surface area contributed by atoms with Gasteiger partial charge < -0.3 is 15.1 Å². The number of carbonyl (C=O) groups excluding carboxylic acids is 1. The van der Waals surface area contributed by atoms with Crippen LogP contribution in [0.25, 0.3) is 10.8 Å². The smallest absolute Gasteiger partial charge is 0.236 e. The monoisotopic (exact) mass is 377 g/mol. The molecule has 2 aromatic rings. The Labute approximate surface area is 152 Å². The molecule has 1 fully saturated rings. The van der Waals surface area contributed by atoms with Crippen LogP contribution in [0.3, 0.4) is 0 Å². The predicted molar refractivity (Wildman–Crippen MR) is 96.5 cm³/mol. The van der Waals surface area contributed by atoms with E-state index >= 15 is 0 Å². The van der Waals surface area contributed by atoms with Crippen molar-refractivity contribution >= 4 is 42.1 Å². The van der Waals surface area contributed by atoms with Crippen LogP contribution < -0.4 is 5.73 Å². The highest BCUT2D eigenvalue weighted by atomic mass is 35.5. The first-order chi connectivity index (χ1) is 10.1. The van der Waals surface area contributed by atoms with Crippen LogP contribution in [0, 0.1) is 6.92 Å². The SMILES string of the molecule is Cc1oc(-c2cccs2)nc1CC(=O)N1CCCC(N)C1.Cl.Cl. The highest BCUT2D eigenvalue weighted by Crippen LogP contribution is 2.26. The molecule has 0 bridgehead atoms. The Balaban J connectivity index is 0.00000132. The van der Waals surface area contributed by atoms with Gasteiger partial charge in [0.25, 0.3) is 0 Å². The summed E-state index contributed by atoms with van der Waals surface area (Å²) in [6.07, 6.45) is 2.26. The number of nitrogens with zero attached hydrogens (tertiary/aromatic N) is 2. The maximum absolute atomic E-state index is 12.4. The van der Waals surface area contributed by atoms with E-state index in [1.807, 2.05) is 29.3 Å². The predicted octanol–water partition coefficient (Wildman–Crippen LogP) is 3.05. The van der Waals surface area contributed by atoms with Gasteiger partial charge >= 0.3 is 0 Å². The Morgan fingerprint density at radius 3 is 2.96 bits per heavy atom. The van der Waals surface area contributed by atoms with Crippen molar-refractivity contribution in [2.45, 2.75) is 32.2 Å². The van der Waals surface area contributed by atoms with Crippen molar-refractivity contribution in [1.29, 1.82) is 0 Å². The molecule has 3 rings (SSSR count). The molecule has 1 atom stereocenters. The molecule has 0 spiro atoms. The van der Waals surface area contributed by atoms with Gasteiger partial charge in [-0.25, -0.2) is 4.98 Å². The summed E-state index contributed by atoms with van der Waals surface area (Å²) in [6.45, 7) is 3.30. The standard InChI is InChI=1S/C15H19N3O2S.2ClH/c1-10-12(17-15(20-10)13-5-3-7-21-13)8-14(19)18-6-2-4-11(16)9-18;;/h3,5,7,11H,2,4,6,8-9,16H2,1H3;2*1H. The summed E-state index contributed by atoms with van der Waals surface area (Å²) in [5.74, 6) is 1.40. The molecule has 1 aliphatic rings. The summed E-state index contributed by atoms with van der Waals surface area (Å²) in [5.41, 5.74) is 6.65. The molecular formula is C15H21Cl2N3O2S. The molecule has 1 saturated heterocycles. The van der Waals surface area contributed by atoms with Crippen LogP contribution in [-0.4, -0.2) is 34.9 Å². The van der Waals surface area contributed by atoms with Gasteiger partial charge in [-0.05, 0) is 31.2 Å². The molecule has 3 heterocycles. The molecule has 128 valence electrons. The van der Waals surface area contributed by atoms with Gasteiger partial charge in [0, 0.05) is 19.1 Å². The fraction of sp³-hybridized carbons (Fsp3) is 0.467. The van der Waals surface area contributed by atoms with Crippen molar-refractivity contribution in [3.63, 3.8) is 0 Å². The first-order valence-electron chi connectivity index (χ1n) is 7.17. The molecule has 1 aliphatic heterocycles. The van der Waals surface area contributed by atoms with Gasteiger partial charge in [0.15, 0.2) is 0 Å². The highest BCUT2D eigenvalue weighted by molar-refractivity contribution is 7.13. The van der Waals surface area contributed by atoms with E-state index in [0.717, 1.165) is 30.0 Å². The van der Waals surface area contributed by atoms with E-state index in [0.29, 0.717) is 18.2 Å². The van der Waals surface area contributed by atoms with Gasteiger partial charge in [-0.1, -0.05) is 6.07 Å². The Bertz CT molecular complexity index is 631. The average molecular weight is 378 g/mol. The molecular weight excluding hydrogens is 357 g/mol. The number of halogens is 2. The second-order valence-corrected chi connectivity index (χ2v) is 6.37. The van der Waals surface area contributed by atoms with Crippen molar-refractivity contribution in [1.82, 2.24) is 9.88 Å². The van der Waals surface area contributed by atoms with Gasteiger partial charge in [-0.3, -0.25) is 4.79 Å². The summed E-state index contributed by atoms with van der Waals surface area (Å²) in [4.78, 5) is 19.6. The number of rotatable bonds is 3. The van der Waals surface area contributed by atoms with Gasteiger partial charge in [0.2, 0.25) is 11.8 Å². The topological polar surface area (TPSA) is 72.4 Å². The Hall–Kier alpha value is -1.08. The number of hydrogen-bond donors (Lipinski definition) is 1. The lowest BCUT2D eigenvalue weighted by molar-refractivity contribution is -0.131. The molecule has 0 aromatic carbocycles. The number of aromatic nitrogens is 1. The quantitative estimate of drug-likeness (QED) is 0.891. The molecule has 1 unspecified atom stereocenters. The van der Waals surface area contributed by atoms with E-state index in [1.54, 1.807) is 11.3 Å². The van der Waals surface area contributed by atoms with Crippen LogP contribution in [0.15, 0.2) is 21.9 Å². The molecule has 2 N–H and O–H groups in total. The number of amides is 1. The molecule has 0 aliphatic carbocycles. The van der Waals surface area contributed by atoms with Gasteiger partial charge in [0.1, 0.15) is 5.76 Å². The highest BCUT2D eigenvalue weighted by Gasteiger charge is 2.23. The largest absolute Gasteiger partial charge is 0.440 e.